The number of unbranched alkanes of at least 4 members (excludes halogenated alkanes) is 1. The van der Waals surface area contributed by atoms with Crippen molar-refractivity contribution in [2.75, 3.05) is 6.54 Å². The third-order valence-electron chi connectivity index (χ3n) is 3.87. The lowest BCUT2D eigenvalue weighted by Crippen LogP contribution is -2.10. The average Bonchev–Trinajstić information content (AvgIpc) is 2.63. The van der Waals surface area contributed by atoms with Crippen LogP contribution in [0.3, 0.4) is 0 Å². The molecule has 128 valence electrons. The number of aromatic nitrogens is 2. The zero-order chi connectivity index (χ0) is 17.6. The Morgan fingerprint density at radius 2 is 1.88 bits per heavy atom. The van der Waals surface area contributed by atoms with Crippen LogP contribution in [0.5, 0.6) is 5.75 Å². The highest BCUT2D eigenvalue weighted by molar-refractivity contribution is 5.93. The molecule has 0 aliphatic heterocycles. The molecular formula is C19H19N3O3. The monoisotopic (exact) mass is 337 g/mol. The molecule has 0 spiro atoms. The molecule has 0 radical (unpaired) electrons. The van der Waals surface area contributed by atoms with Gasteiger partial charge in [0.25, 0.3) is 5.56 Å². The minimum atomic E-state index is -0.287. The molecule has 0 saturated carbocycles. The minimum absolute atomic E-state index is 0.234. The van der Waals surface area contributed by atoms with Crippen molar-refractivity contribution in [1.82, 2.24) is 10.2 Å². The molecule has 2 aromatic carbocycles. The van der Waals surface area contributed by atoms with E-state index in [0.717, 1.165) is 17.4 Å². The van der Waals surface area contributed by atoms with Gasteiger partial charge in [0.2, 0.25) is 0 Å². The van der Waals surface area contributed by atoms with Gasteiger partial charge in [0.05, 0.1) is 11.1 Å². The first kappa shape index (κ1) is 16.9. The maximum atomic E-state index is 11.9. The topological polar surface area (TPSA) is 98.1 Å². The average molecular weight is 337 g/mol. The third kappa shape index (κ3) is 3.92. The third-order valence-corrected chi connectivity index (χ3v) is 3.87. The van der Waals surface area contributed by atoms with Crippen molar-refractivity contribution in [3.05, 3.63) is 58.9 Å². The number of fused-ring (bicyclic) bond motifs is 1. The van der Waals surface area contributed by atoms with E-state index in [1.54, 1.807) is 30.3 Å². The van der Waals surface area contributed by atoms with Crippen LogP contribution in [0.4, 0.5) is 0 Å². The van der Waals surface area contributed by atoms with Crippen LogP contribution < -0.4 is 16.0 Å². The predicted octanol–water partition coefficient (Wildman–Crippen LogP) is 2.62. The van der Waals surface area contributed by atoms with Crippen LogP contribution in [0.1, 0.15) is 19.3 Å². The highest BCUT2D eigenvalue weighted by atomic mass is 16.5. The fourth-order valence-electron chi connectivity index (χ4n) is 2.64. The van der Waals surface area contributed by atoms with Gasteiger partial charge in [-0.3, -0.25) is 9.59 Å². The Labute approximate surface area is 144 Å². The molecule has 3 rings (SSSR count). The molecule has 6 heteroatoms. The molecular weight excluding hydrogens is 318 g/mol. The van der Waals surface area contributed by atoms with Crippen molar-refractivity contribution in [3.63, 3.8) is 0 Å². The fraction of sp³-hybridized carbons (Fsp3) is 0.211. The molecule has 3 aromatic rings. The second kappa shape index (κ2) is 7.72. The van der Waals surface area contributed by atoms with Crippen molar-refractivity contribution in [2.45, 2.75) is 19.3 Å². The van der Waals surface area contributed by atoms with Crippen LogP contribution in [-0.2, 0) is 4.79 Å². The predicted molar refractivity (Wildman–Crippen MR) is 96.3 cm³/mol. The molecule has 0 bridgehead atoms. The Bertz CT molecular complexity index is 950. The second-order valence-corrected chi connectivity index (χ2v) is 5.69. The van der Waals surface area contributed by atoms with Crippen LogP contribution in [0.2, 0.25) is 0 Å². The number of nitrogens with two attached hydrogens (primary N) is 1. The number of rotatable bonds is 6. The quantitative estimate of drug-likeness (QED) is 0.409. The maximum absolute atomic E-state index is 11.9. The largest absolute Gasteiger partial charge is 0.427 e. The summed E-state index contributed by atoms with van der Waals surface area (Å²) in [6.07, 6.45) is 1.84. The van der Waals surface area contributed by atoms with E-state index < -0.39 is 0 Å². The Balaban J connectivity index is 1.89. The van der Waals surface area contributed by atoms with Crippen LogP contribution in [0.15, 0.2) is 53.3 Å². The van der Waals surface area contributed by atoms with Gasteiger partial charge in [-0.05, 0) is 37.6 Å². The summed E-state index contributed by atoms with van der Waals surface area (Å²) in [4.78, 5) is 23.8. The molecule has 0 saturated heterocycles. The van der Waals surface area contributed by atoms with E-state index in [4.69, 9.17) is 10.5 Å². The number of H-pyrrole nitrogens is 1. The van der Waals surface area contributed by atoms with Crippen molar-refractivity contribution in [1.29, 1.82) is 0 Å². The van der Waals surface area contributed by atoms with E-state index in [1.807, 2.05) is 18.2 Å². The van der Waals surface area contributed by atoms with Gasteiger partial charge in [-0.1, -0.05) is 30.3 Å². The first-order valence-corrected chi connectivity index (χ1v) is 8.17. The summed E-state index contributed by atoms with van der Waals surface area (Å²) in [6, 6.07) is 14.4. The number of hydrogen-bond acceptors (Lipinski definition) is 5. The highest BCUT2D eigenvalue weighted by Gasteiger charge is 2.10. The molecule has 0 fully saturated rings. The van der Waals surface area contributed by atoms with Gasteiger partial charge in [-0.2, -0.15) is 5.10 Å². The van der Waals surface area contributed by atoms with Gasteiger partial charge in [0.15, 0.2) is 0 Å². The van der Waals surface area contributed by atoms with Crippen molar-refractivity contribution < 1.29 is 9.53 Å². The van der Waals surface area contributed by atoms with E-state index in [9.17, 15) is 9.59 Å². The summed E-state index contributed by atoms with van der Waals surface area (Å²) in [5, 5.41) is 7.99. The number of carbonyl (C=O) groups excluding carboxylic acids is 1. The van der Waals surface area contributed by atoms with Gasteiger partial charge in [-0.25, -0.2) is 5.10 Å². The number of nitrogens with one attached hydrogen (secondary N) is 1. The number of hydrogen-bond donors (Lipinski definition) is 2. The molecule has 6 nitrogen and oxygen atoms in total. The Hall–Kier alpha value is -2.99. The minimum Gasteiger partial charge on any atom is -0.427 e. The van der Waals surface area contributed by atoms with Crippen LogP contribution in [0, 0.1) is 0 Å². The first-order valence-electron chi connectivity index (χ1n) is 8.17. The van der Waals surface area contributed by atoms with E-state index in [0.29, 0.717) is 36.2 Å². The second-order valence-electron chi connectivity index (χ2n) is 5.69. The van der Waals surface area contributed by atoms with Crippen molar-refractivity contribution >= 4 is 16.7 Å². The van der Waals surface area contributed by atoms with Gasteiger partial charge in [0, 0.05) is 17.4 Å². The molecule has 0 amide bonds. The molecule has 1 heterocycles. The van der Waals surface area contributed by atoms with Gasteiger partial charge in [-0.15, -0.1) is 0 Å². The molecule has 25 heavy (non-hydrogen) atoms. The number of aromatic amines is 1. The molecule has 0 aliphatic rings. The molecule has 1 aromatic heterocycles. The summed E-state index contributed by atoms with van der Waals surface area (Å²) in [6.45, 7) is 0.563. The smallest absolute Gasteiger partial charge is 0.311 e. The first-order chi connectivity index (χ1) is 12.2. The molecule has 0 unspecified atom stereocenters. The lowest BCUT2D eigenvalue weighted by atomic mass is 10.1. The lowest BCUT2D eigenvalue weighted by Gasteiger charge is -2.08. The number of ether oxygens (including phenoxy) is 1. The summed E-state index contributed by atoms with van der Waals surface area (Å²) < 4.78 is 5.38. The van der Waals surface area contributed by atoms with Crippen LogP contribution in [-0.4, -0.2) is 22.7 Å². The number of nitrogens with zero attached hydrogens (tertiary/aromatic N) is 1. The van der Waals surface area contributed by atoms with Crippen molar-refractivity contribution in [2.24, 2.45) is 5.73 Å². The Morgan fingerprint density at radius 1 is 1.08 bits per heavy atom. The van der Waals surface area contributed by atoms with E-state index >= 15 is 0 Å². The normalized spacial score (nSPS) is 10.8. The Morgan fingerprint density at radius 3 is 2.68 bits per heavy atom. The zero-order valence-electron chi connectivity index (χ0n) is 13.7. The van der Waals surface area contributed by atoms with Crippen LogP contribution >= 0.6 is 0 Å². The zero-order valence-corrected chi connectivity index (χ0v) is 13.7. The van der Waals surface area contributed by atoms with E-state index in [1.165, 1.54) is 0 Å². The number of esters is 1. The summed E-state index contributed by atoms with van der Waals surface area (Å²) in [5.74, 6) is 0.164. The van der Waals surface area contributed by atoms with Gasteiger partial charge < -0.3 is 10.5 Å². The lowest BCUT2D eigenvalue weighted by molar-refractivity contribution is -0.134. The van der Waals surface area contributed by atoms with Crippen molar-refractivity contribution in [3.8, 4) is 17.0 Å². The van der Waals surface area contributed by atoms with Gasteiger partial charge >= 0.3 is 5.97 Å². The SMILES string of the molecule is NCCCCC(=O)Oc1cccc(-c2n[nH]c(=O)c3ccccc23)c1. The maximum Gasteiger partial charge on any atom is 0.311 e. The highest BCUT2D eigenvalue weighted by Crippen LogP contribution is 2.27. The van der Waals surface area contributed by atoms with Crippen LogP contribution in [0.25, 0.3) is 22.0 Å². The van der Waals surface area contributed by atoms with E-state index in [-0.39, 0.29) is 11.5 Å². The Kier molecular flexibility index (Phi) is 5.20. The number of carbonyl (C=O) groups is 1. The summed E-state index contributed by atoms with van der Waals surface area (Å²) in [5.41, 5.74) is 6.59. The van der Waals surface area contributed by atoms with Gasteiger partial charge in [0.1, 0.15) is 5.75 Å². The standard InChI is InChI=1S/C19H19N3O3/c20-11-4-3-10-17(23)25-14-7-5-6-13(12-14)18-15-8-1-2-9-16(15)19(24)22-21-18/h1-2,5-9,12H,3-4,10-11,20H2,(H,22,24). The van der Waals surface area contributed by atoms with E-state index in [2.05, 4.69) is 10.2 Å². The summed E-state index contributed by atoms with van der Waals surface area (Å²) in [7, 11) is 0. The molecule has 0 aliphatic carbocycles. The fourth-order valence-corrected chi connectivity index (χ4v) is 2.64. The number of benzene rings is 2. The molecule has 3 N–H and O–H groups in total. The summed E-state index contributed by atoms with van der Waals surface area (Å²) >= 11 is 0. The molecule has 0 atom stereocenters.